The highest BCUT2D eigenvalue weighted by molar-refractivity contribution is 5.83. The van der Waals surface area contributed by atoms with E-state index in [0.29, 0.717) is 13.2 Å². The van der Waals surface area contributed by atoms with E-state index in [4.69, 9.17) is 14.8 Å². The molecule has 2 aromatic heterocycles. The predicted octanol–water partition coefficient (Wildman–Crippen LogP) is 3.64. The summed E-state index contributed by atoms with van der Waals surface area (Å²) in [6.07, 6.45) is 0. The van der Waals surface area contributed by atoms with Crippen LogP contribution in [0.1, 0.15) is 5.69 Å². The van der Waals surface area contributed by atoms with Gasteiger partial charge in [-0.3, -0.25) is 0 Å². The Morgan fingerprint density at radius 3 is 2.28 bits per heavy atom. The lowest BCUT2D eigenvalue weighted by atomic mass is 10.1. The van der Waals surface area contributed by atoms with Crippen LogP contribution in [0.4, 0.5) is 5.82 Å². The minimum Gasteiger partial charge on any atom is -0.395 e. The van der Waals surface area contributed by atoms with E-state index >= 15 is 0 Å². The van der Waals surface area contributed by atoms with Crippen molar-refractivity contribution in [3.8, 4) is 22.4 Å². The van der Waals surface area contributed by atoms with E-state index in [1.54, 1.807) is 7.11 Å². The van der Waals surface area contributed by atoms with Gasteiger partial charge >= 0.3 is 0 Å². The van der Waals surface area contributed by atoms with Crippen LogP contribution in [0.25, 0.3) is 28.0 Å². The van der Waals surface area contributed by atoms with E-state index in [2.05, 4.69) is 24.3 Å². The number of hydrogen-bond donors (Lipinski definition) is 1. The second-order valence-electron chi connectivity index (χ2n) is 6.87. The lowest BCUT2D eigenvalue weighted by Gasteiger charge is -2.18. The van der Waals surface area contributed by atoms with Crippen LogP contribution in [0.2, 0.25) is 0 Å². The monoisotopic (exact) mass is 388 g/mol. The van der Waals surface area contributed by atoms with Crippen LogP contribution in [0.15, 0.2) is 66.7 Å². The normalized spacial score (nSPS) is 11.1. The van der Waals surface area contributed by atoms with Gasteiger partial charge in [0.2, 0.25) is 0 Å². The van der Waals surface area contributed by atoms with E-state index in [1.165, 1.54) is 0 Å². The van der Waals surface area contributed by atoms with E-state index in [0.717, 1.165) is 39.5 Å². The first-order valence-electron chi connectivity index (χ1n) is 9.57. The minimum absolute atomic E-state index is 0.0593. The van der Waals surface area contributed by atoms with E-state index in [1.807, 2.05) is 58.9 Å². The molecule has 6 heteroatoms. The molecule has 0 amide bonds. The molecule has 0 aliphatic carbocycles. The molecule has 1 N–H and O–H groups in total. The van der Waals surface area contributed by atoms with Crippen LogP contribution >= 0.6 is 0 Å². The third-order valence-electron chi connectivity index (χ3n) is 4.89. The van der Waals surface area contributed by atoms with Crippen LogP contribution in [0.3, 0.4) is 0 Å². The minimum atomic E-state index is 0.0593. The molecule has 4 aromatic rings. The van der Waals surface area contributed by atoms with Crippen molar-refractivity contribution in [3.05, 3.63) is 72.4 Å². The van der Waals surface area contributed by atoms with Gasteiger partial charge in [-0.25, -0.2) is 9.50 Å². The smallest absolute Gasteiger partial charge is 0.166 e. The number of methoxy groups -OCH3 is 1. The molecular weight excluding hydrogens is 364 g/mol. The van der Waals surface area contributed by atoms with Crippen molar-refractivity contribution >= 4 is 11.5 Å². The lowest BCUT2D eigenvalue weighted by Crippen LogP contribution is -2.22. The number of rotatable bonds is 7. The summed E-state index contributed by atoms with van der Waals surface area (Å²) in [5.41, 5.74) is 5.60. The molecule has 0 unspecified atom stereocenters. The summed E-state index contributed by atoms with van der Waals surface area (Å²) in [4.78, 5) is 6.87. The van der Waals surface area contributed by atoms with Gasteiger partial charge in [0, 0.05) is 32.3 Å². The Morgan fingerprint density at radius 1 is 1.00 bits per heavy atom. The first-order chi connectivity index (χ1) is 14.2. The largest absolute Gasteiger partial charge is 0.395 e. The standard InChI is InChI=1S/C23H24N4O2/c1-26(13-14-28)21-15-20(17-9-5-3-6-10-17)27-23(24-21)22(19(25-27)16-29-2)18-11-7-4-8-12-18/h3-12,15,28H,13-14,16H2,1-2H3. The molecule has 0 spiro atoms. The Hall–Kier alpha value is -3.22. The number of likely N-dealkylation sites (N-methyl/N-ethyl adjacent to an activating group) is 1. The van der Waals surface area contributed by atoms with Gasteiger partial charge in [0.1, 0.15) is 5.82 Å². The maximum Gasteiger partial charge on any atom is 0.166 e. The van der Waals surface area contributed by atoms with Gasteiger partial charge in [0.05, 0.1) is 30.2 Å². The summed E-state index contributed by atoms with van der Waals surface area (Å²) >= 11 is 0. The fourth-order valence-corrected chi connectivity index (χ4v) is 3.46. The Balaban J connectivity index is 2.04. The molecule has 0 saturated heterocycles. The number of aromatic nitrogens is 3. The third-order valence-corrected chi connectivity index (χ3v) is 4.89. The Kier molecular flexibility index (Phi) is 5.55. The van der Waals surface area contributed by atoms with Gasteiger partial charge in [-0.05, 0) is 5.56 Å². The molecule has 4 rings (SSSR count). The fraction of sp³-hybridized carbons (Fsp3) is 0.217. The molecule has 0 radical (unpaired) electrons. The maximum atomic E-state index is 9.40. The van der Waals surface area contributed by atoms with Gasteiger partial charge in [-0.1, -0.05) is 60.7 Å². The predicted molar refractivity (Wildman–Crippen MR) is 115 cm³/mol. The zero-order valence-electron chi connectivity index (χ0n) is 16.6. The van der Waals surface area contributed by atoms with E-state index in [9.17, 15) is 5.11 Å². The quantitative estimate of drug-likeness (QED) is 0.524. The number of hydrogen-bond acceptors (Lipinski definition) is 5. The van der Waals surface area contributed by atoms with Gasteiger partial charge in [-0.2, -0.15) is 5.10 Å². The van der Waals surface area contributed by atoms with Crippen molar-refractivity contribution < 1.29 is 9.84 Å². The number of aliphatic hydroxyl groups is 1. The highest BCUT2D eigenvalue weighted by Gasteiger charge is 2.20. The first-order valence-corrected chi connectivity index (χ1v) is 9.57. The van der Waals surface area contributed by atoms with Crippen LogP contribution < -0.4 is 4.90 Å². The molecular formula is C23H24N4O2. The zero-order chi connectivity index (χ0) is 20.2. The second-order valence-corrected chi connectivity index (χ2v) is 6.87. The van der Waals surface area contributed by atoms with Crippen molar-refractivity contribution in [3.63, 3.8) is 0 Å². The SMILES string of the molecule is COCc1nn2c(-c3ccccc3)cc(N(C)CCO)nc2c1-c1ccccc1. The number of ether oxygens (including phenoxy) is 1. The van der Waals surface area contributed by atoms with E-state index < -0.39 is 0 Å². The second kappa shape index (κ2) is 8.43. The zero-order valence-corrected chi connectivity index (χ0v) is 16.6. The summed E-state index contributed by atoms with van der Waals surface area (Å²) in [5, 5.41) is 14.3. The Bertz CT molecular complexity index is 1090. The molecule has 0 aliphatic rings. The molecule has 2 heterocycles. The fourth-order valence-electron chi connectivity index (χ4n) is 3.46. The molecule has 0 atom stereocenters. The molecule has 148 valence electrons. The number of aliphatic hydroxyl groups excluding tert-OH is 1. The van der Waals surface area contributed by atoms with Crippen LogP contribution in [0.5, 0.6) is 0 Å². The van der Waals surface area contributed by atoms with Crippen molar-refractivity contribution in [2.45, 2.75) is 6.61 Å². The topological polar surface area (TPSA) is 62.9 Å². The highest BCUT2D eigenvalue weighted by Crippen LogP contribution is 2.33. The lowest BCUT2D eigenvalue weighted by molar-refractivity contribution is 0.181. The van der Waals surface area contributed by atoms with Crippen LogP contribution in [-0.2, 0) is 11.3 Å². The average molecular weight is 388 g/mol. The van der Waals surface area contributed by atoms with Crippen LogP contribution in [-0.4, -0.2) is 47.0 Å². The molecule has 6 nitrogen and oxygen atoms in total. The summed E-state index contributed by atoms with van der Waals surface area (Å²) in [6.45, 7) is 0.949. The Labute approximate surface area is 170 Å². The molecule has 0 fully saturated rings. The number of nitrogens with zero attached hydrogens (tertiary/aromatic N) is 4. The number of anilines is 1. The van der Waals surface area contributed by atoms with Crippen molar-refractivity contribution in [1.29, 1.82) is 0 Å². The van der Waals surface area contributed by atoms with Gasteiger partial charge in [-0.15, -0.1) is 0 Å². The third kappa shape index (κ3) is 3.72. The molecule has 0 aliphatic heterocycles. The van der Waals surface area contributed by atoms with Crippen molar-refractivity contribution in [2.75, 3.05) is 32.2 Å². The molecule has 0 saturated carbocycles. The highest BCUT2D eigenvalue weighted by atomic mass is 16.5. The average Bonchev–Trinajstić information content (AvgIpc) is 3.12. The van der Waals surface area contributed by atoms with Crippen LogP contribution in [0, 0.1) is 0 Å². The van der Waals surface area contributed by atoms with Gasteiger partial charge in [0.25, 0.3) is 0 Å². The van der Waals surface area contributed by atoms with E-state index in [-0.39, 0.29) is 6.61 Å². The summed E-state index contributed by atoms with van der Waals surface area (Å²) in [5.74, 6) is 0.784. The summed E-state index contributed by atoms with van der Waals surface area (Å²) in [7, 11) is 3.60. The summed E-state index contributed by atoms with van der Waals surface area (Å²) < 4.78 is 7.33. The van der Waals surface area contributed by atoms with Gasteiger partial charge in [0.15, 0.2) is 5.65 Å². The summed E-state index contributed by atoms with van der Waals surface area (Å²) in [6, 6.07) is 22.3. The first kappa shape index (κ1) is 19.1. The number of benzene rings is 2. The Morgan fingerprint density at radius 2 is 1.66 bits per heavy atom. The number of fused-ring (bicyclic) bond motifs is 1. The van der Waals surface area contributed by atoms with Crippen molar-refractivity contribution in [2.24, 2.45) is 0 Å². The molecule has 0 bridgehead atoms. The maximum absolute atomic E-state index is 9.40. The molecule has 2 aromatic carbocycles. The molecule has 29 heavy (non-hydrogen) atoms. The van der Waals surface area contributed by atoms with Crippen molar-refractivity contribution in [1.82, 2.24) is 14.6 Å². The van der Waals surface area contributed by atoms with Gasteiger partial charge < -0.3 is 14.7 Å².